The zero-order chi connectivity index (χ0) is 15.4. The van der Waals surface area contributed by atoms with Crippen molar-refractivity contribution in [3.05, 3.63) is 54.1 Å². The second kappa shape index (κ2) is 6.49. The third kappa shape index (κ3) is 3.77. The molecule has 22 heavy (non-hydrogen) atoms. The van der Waals surface area contributed by atoms with Crippen LogP contribution < -0.4 is 14.8 Å². The van der Waals surface area contributed by atoms with Gasteiger partial charge >= 0.3 is 0 Å². The van der Waals surface area contributed by atoms with Gasteiger partial charge in [-0.3, -0.25) is 4.79 Å². The van der Waals surface area contributed by atoms with E-state index >= 15 is 0 Å². The first-order chi connectivity index (χ1) is 10.7. The van der Waals surface area contributed by atoms with Crippen LogP contribution in [0.5, 0.6) is 11.5 Å². The van der Waals surface area contributed by atoms with Gasteiger partial charge < -0.3 is 19.5 Å². The molecule has 5 nitrogen and oxygen atoms in total. The van der Waals surface area contributed by atoms with E-state index in [0.29, 0.717) is 12.2 Å². The topological polar surface area (TPSA) is 60.1 Å². The van der Waals surface area contributed by atoms with Gasteiger partial charge in [0.05, 0.1) is 13.7 Å². The van der Waals surface area contributed by atoms with Crippen LogP contribution in [0.4, 0.5) is 5.69 Å². The molecule has 1 aliphatic heterocycles. The molecular weight excluding hydrogens is 282 g/mol. The molecule has 3 rings (SSSR count). The SMILES string of the molecule is COc1ccc(C(=O)Nc2ccc(OCC3CO3)cc2)cc1. The number of hydrogen-bond acceptors (Lipinski definition) is 4. The number of nitrogens with one attached hydrogen (secondary N) is 1. The molecular formula is C17H17NO4. The minimum absolute atomic E-state index is 0.164. The Morgan fingerprint density at radius 3 is 2.36 bits per heavy atom. The minimum Gasteiger partial charge on any atom is -0.497 e. The normalized spacial score (nSPS) is 16.0. The number of hydrogen-bond donors (Lipinski definition) is 1. The predicted octanol–water partition coefficient (Wildman–Crippen LogP) is 2.73. The van der Waals surface area contributed by atoms with Crippen molar-refractivity contribution in [3.8, 4) is 11.5 Å². The Kier molecular flexibility index (Phi) is 4.25. The van der Waals surface area contributed by atoms with Crippen LogP contribution in [0.3, 0.4) is 0 Å². The van der Waals surface area contributed by atoms with E-state index in [-0.39, 0.29) is 12.0 Å². The van der Waals surface area contributed by atoms with Crippen LogP contribution in [0.1, 0.15) is 10.4 Å². The fourth-order valence-electron chi connectivity index (χ4n) is 1.93. The summed E-state index contributed by atoms with van der Waals surface area (Å²) in [6.07, 6.45) is 0.231. The van der Waals surface area contributed by atoms with Crippen LogP contribution in [0, 0.1) is 0 Å². The fraction of sp³-hybridized carbons (Fsp3) is 0.235. The van der Waals surface area contributed by atoms with Crippen molar-refractivity contribution in [2.45, 2.75) is 6.10 Å². The van der Waals surface area contributed by atoms with Crippen LogP contribution in [0.15, 0.2) is 48.5 Å². The van der Waals surface area contributed by atoms with E-state index in [1.165, 1.54) is 0 Å². The van der Waals surface area contributed by atoms with Crippen molar-refractivity contribution in [2.24, 2.45) is 0 Å². The third-order valence-corrected chi connectivity index (χ3v) is 3.30. The first-order valence-corrected chi connectivity index (χ1v) is 7.04. The van der Waals surface area contributed by atoms with Gasteiger partial charge in [-0.05, 0) is 48.5 Å². The van der Waals surface area contributed by atoms with Crippen molar-refractivity contribution in [1.29, 1.82) is 0 Å². The monoisotopic (exact) mass is 299 g/mol. The highest BCUT2D eigenvalue weighted by Gasteiger charge is 2.22. The molecule has 1 saturated heterocycles. The minimum atomic E-state index is -0.164. The standard InChI is InChI=1S/C17H17NO4/c1-20-14-6-2-12(3-7-14)17(19)18-13-4-8-15(9-5-13)21-10-16-11-22-16/h2-9,16H,10-11H2,1H3,(H,18,19). The summed E-state index contributed by atoms with van der Waals surface area (Å²) in [6.45, 7) is 1.34. The lowest BCUT2D eigenvalue weighted by Gasteiger charge is -2.08. The largest absolute Gasteiger partial charge is 0.497 e. The van der Waals surface area contributed by atoms with E-state index in [2.05, 4.69) is 5.32 Å². The number of benzene rings is 2. The number of methoxy groups -OCH3 is 1. The molecule has 0 spiro atoms. The summed E-state index contributed by atoms with van der Waals surface area (Å²) in [4.78, 5) is 12.1. The van der Waals surface area contributed by atoms with E-state index in [0.717, 1.165) is 23.8 Å². The van der Waals surface area contributed by atoms with Gasteiger partial charge in [-0.2, -0.15) is 0 Å². The molecule has 1 fully saturated rings. The number of carbonyl (C=O) groups is 1. The highest BCUT2D eigenvalue weighted by atomic mass is 16.6. The van der Waals surface area contributed by atoms with Crippen LogP contribution in [-0.2, 0) is 4.74 Å². The van der Waals surface area contributed by atoms with E-state index < -0.39 is 0 Å². The smallest absolute Gasteiger partial charge is 0.255 e. The molecule has 0 aromatic heterocycles. The van der Waals surface area contributed by atoms with E-state index in [1.807, 2.05) is 24.3 Å². The maximum absolute atomic E-state index is 12.1. The van der Waals surface area contributed by atoms with E-state index in [1.54, 1.807) is 31.4 Å². The molecule has 1 amide bonds. The van der Waals surface area contributed by atoms with Gasteiger partial charge in [0.1, 0.15) is 24.2 Å². The highest BCUT2D eigenvalue weighted by molar-refractivity contribution is 6.04. The van der Waals surface area contributed by atoms with Crippen molar-refractivity contribution in [3.63, 3.8) is 0 Å². The Morgan fingerprint density at radius 2 is 1.77 bits per heavy atom. The van der Waals surface area contributed by atoms with Gasteiger partial charge in [-0.1, -0.05) is 0 Å². The molecule has 0 saturated carbocycles. The lowest BCUT2D eigenvalue weighted by Crippen LogP contribution is -2.11. The summed E-state index contributed by atoms with van der Waals surface area (Å²) >= 11 is 0. The number of epoxide rings is 1. The molecule has 5 heteroatoms. The number of carbonyl (C=O) groups excluding carboxylic acids is 1. The van der Waals surface area contributed by atoms with Crippen molar-refractivity contribution in [1.82, 2.24) is 0 Å². The average molecular weight is 299 g/mol. The molecule has 1 aliphatic rings. The molecule has 2 aromatic carbocycles. The lowest BCUT2D eigenvalue weighted by molar-refractivity contribution is 0.102. The second-order valence-electron chi connectivity index (χ2n) is 4.97. The first kappa shape index (κ1) is 14.4. The van der Waals surface area contributed by atoms with Crippen molar-refractivity contribution in [2.75, 3.05) is 25.6 Å². The lowest BCUT2D eigenvalue weighted by atomic mass is 10.2. The van der Waals surface area contributed by atoms with Gasteiger partial charge in [-0.15, -0.1) is 0 Å². The zero-order valence-electron chi connectivity index (χ0n) is 12.2. The van der Waals surface area contributed by atoms with E-state index in [4.69, 9.17) is 14.2 Å². The summed E-state index contributed by atoms with van der Waals surface area (Å²) in [5.41, 5.74) is 1.29. The molecule has 0 bridgehead atoms. The van der Waals surface area contributed by atoms with Gasteiger partial charge in [0.15, 0.2) is 0 Å². The highest BCUT2D eigenvalue weighted by Crippen LogP contribution is 2.19. The number of ether oxygens (including phenoxy) is 3. The zero-order valence-corrected chi connectivity index (χ0v) is 12.2. The van der Waals surface area contributed by atoms with Gasteiger partial charge in [0.2, 0.25) is 0 Å². The summed E-state index contributed by atoms with van der Waals surface area (Å²) < 4.78 is 15.7. The van der Waals surface area contributed by atoms with Crippen LogP contribution >= 0.6 is 0 Å². The first-order valence-electron chi connectivity index (χ1n) is 7.04. The molecule has 0 aliphatic carbocycles. The third-order valence-electron chi connectivity index (χ3n) is 3.30. The predicted molar refractivity (Wildman–Crippen MR) is 82.6 cm³/mol. The van der Waals surface area contributed by atoms with Gasteiger partial charge in [0.25, 0.3) is 5.91 Å². The second-order valence-corrected chi connectivity index (χ2v) is 4.97. The van der Waals surface area contributed by atoms with Gasteiger partial charge in [0, 0.05) is 11.3 Å². The Labute approximate surface area is 128 Å². The quantitative estimate of drug-likeness (QED) is 0.833. The molecule has 114 valence electrons. The van der Waals surface area contributed by atoms with Crippen LogP contribution in [0.2, 0.25) is 0 Å². The maximum atomic E-state index is 12.1. The molecule has 1 heterocycles. The molecule has 1 N–H and O–H groups in total. The molecule has 0 radical (unpaired) electrons. The Bertz CT molecular complexity index is 633. The number of amides is 1. The van der Waals surface area contributed by atoms with E-state index in [9.17, 15) is 4.79 Å². The Balaban J connectivity index is 1.57. The fourth-order valence-corrected chi connectivity index (χ4v) is 1.93. The van der Waals surface area contributed by atoms with Crippen molar-refractivity contribution >= 4 is 11.6 Å². The summed E-state index contributed by atoms with van der Waals surface area (Å²) in [6, 6.07) is 14.2. The van der Waals surface area contributed by atoms with Crippen LogP contribution in [-0.4, -0.2) is 32.3 Å². The summed E-state index contributed by atoms with van der Waals surface area (Å²) in [7, 11) is 1.59. The Morgan fingerprint density at radius 1 is 1.14 bits per heavy atom. The number of anilines is 1. The molecule has 1 atom stereocenters. The van der Waals surface area contributed by atoms with Crippen molar-refractivity contribution < 1.29 is 19.0 Å². The summed E-state index contributed by atoms with van der Waals surface area (Å²) in [5.74, 6) is 1.32. The van der Waals surface area contributed by atoms with Crippen LogP contribution in [0.25, 0.3) is 0 Å². The van der Waals surface area contributed by atoms with Gasteiger partial charge in [-0.25, -0.2) is 0 Å². The average Bonchev–Trinajstić information content (AvgIpc) is 3.38. The number of rotatable bonds is 6. The maximum Gasteiger partial charge on any atom is 0.255 e. The Hall–Kier alpha value is -2.53. The summed E-state index contributed by atoms with van der Waals surface area (Å²) in [5, 5.41) is 2.84. The molecule has 2 aromatic rings. The molecule has 1 unspecified atom stereocenters.